The van der Waals surface area contributed by atoms with Crippen molar-refractivity contribution in [2.45, 2.75) is 57.9 Å². The molecule has 1 saturated heterocycles. The van der Waals surface area contributed by atoms with Gasteiger partial charge in [-0.15, -0.1) is 0 Å². The quantitative estimate of drug-likeness (QED) is 0.527. The number of alkyl carbamates (subject to hydrolysis) is 1. The predicted molar refractivity (Wildman–Crippen MR) is 137 cm³/mol. The molecule has 2 N–H and O–H groups in total. The van der Waals surface area contributed by atoms with Crippen molar-refractivity contribution in [2.75, 3.05) is 13.1 Å². The molecular formula is C28H34N4O5. The Morgan fingerprint density at radius 1 is 1.00 bits per heavy atom. The molecule has 3 amide bonds. The van der Waals surface area contributed by atoms with Crippen LogP contribution in [0.2, 0.25) is 0 Å². The number of likely N-dealkylation sites (tertiary alicyclic amines) is 1. The number of hydrogen-bond acceptors (Lipinski definition) is 6. The minimum atomic E-state index is -1.16. The third kappa shape index (κ3) is 8.53. The lowest BCUT2D eigenvalue weighted by atomic mass is 9.88. The lowest BCUT2D eigenvalue weighted by molar-refractivity contribution is -0.132. The Hall–Kier alpha value is -4.06. The van der Waals surface area contributed by atoms with Crippen LogP contribution in [0.3, 0.4) is 0 Å². The van der Waals surface area contributed by atoms with Crippen molar-refractivity contribution >= 4 is 18.1 Å². The number of nitriles is 1. The first kappa shape index (κ1) is 27.5. The Balaban J connectivity index is 1.53. The van der Waals surface area contributed by atoms with Crippen LogP contribution in [0.5, 0.6) is 0 Å². The lowest BCUT2D eigenvalue weighted by Gasteiger charge is -2.37. The van der Waals surface area contributed by atoms with E-state index in [0.29, 0.717) is 6.42 Å². The highest BCUT2D eigenvalue weighted by molar-refractivity contribution is 5.84. The van der Waals surface area contributed by atoms with Gasteiger partial charge in [0.1, 0.15) is 12.1 Å². The van der Waals surface area contributed by atoms with Gasteiger partial charge in [0.2, 0.25) is 0 Å². The van der Waals surface area contributed by atoms with E-state index in [9.17, 15) is 19.6 Å². The van der Waals surface area contributed by atoms with Crippen molar-refractivity contribution in [1.29, 1.82) is 5.26 Å². The number of nitrogens with zero attached hydrogens (tertiary/aromatic N) is 2. The van der Waals surface area contributed by atoms with E-state index in [1.54, 1.807) is 0 Å². The van der Waals surface area contributed by atoms with Gasteiger partial charge < -0.3 is 25.0 Å². The molecule has 0 spiro atoms. The Kier molecular flexibility index (Phi) is 9.90. The molecule has 0 aromatic heterocycles. The average Bonchev–Trinajstić information content (AvgIpc) is 2.91. The maximum absolute atomic E-state index is 13.1. The third-order valence-electron chi connectivity index (χ3n) is 6.16. The van der Waals surface area contributed by atoms with Gasteiger partial charge in [0, 0.05) is 32.5 Å². The van der Waals surface area contributed by atoms with Gasteiger partial charge in [0.05, 0.1) is 6.07 Å². The van der Waals surface area contributed by atoms with Gasteiger partial charge in [-0.3, -0.25) is 4.79 Å². The number of carbonyl (C=O) groups is 3. The van der Waals surface area contributed by atoms with Gasteiger partial charge in [-0.05, 0) is 23.5 Å². The van der Waals surface area contributed by atoms with Crippen molar-refractivity contribution < 1.29 is 23.9 Å². The molecule has 1 fully saturated rings. The van der Waals surface area contributed by atoms with Crippen LogP contribution in [-0.4, -0.2) is 47.7 Å². The molecule has 1 unspecified atom stereocenters. The molecule has 1 heterocycles. The normalized spacial score (nSPS) is 15.2. The Morgan fingerprint density at radius 3 is 2.16 bits per heavy atom. The number of ether oxygens (including phenoxy) is 2. The van der Waals surface area contributed by atoms with Crippen LogP contribution in [0.1, 0.15) is 44.2 Å². The fourth-order valence-corrected chi connectivity index (χ4v) is 4.04. The largest absolute Gasteiger partial charge is 0.445 e. The van der Waals surface area contributed by atoms with E-state index in [2.05, 4.69) is 16.7 Å². The zero-order chi connectivity index (χ0) is 26.7. The molecule has 1 aliphatic rings. The second-order valence-corrected chi connectivity index (χ2v) is 9.57. The van der Waals surface area contributed by atoms with Gasteiger partial charge in [-0.2, -0.15) is 5.26 Å². The second-order valence-electron chi connectivity index (χ2n) is 9.57. The van der Waals surface area contributed by atoms with Crippen LogP contribution >= 0.6 is 0 Å². The molecule has 9 heteroatoms. The van der Waals surface area contributed by atoms with E-state index in [1.165, 1.54) is 4.90 Å². The summed E-state index contributed by atoms with van der Waals surface area (Å²) in [5.41, 5.74) is 0.629. The molecular weight excluding hydrogens is 472 g/mol. The number of benzene rings is 2. The van der Waals surface area contributed by atoms with Gasteiger partial charge in [-0.1, -0.05) is 74.5 Å². The standard InChI is InChI=1S/C28H34N4O5/c1-21(2)17-24(37-26(34)30-18-22-9-5-3-6-10-22)25(33)31-28(20-29)13-15-32(16-14-28)27(35)36-19-23-11-7-4-8-12-23/h3-12,21,24H,13-19H2,1-2H3,(H,30,34)(H,31,33). The minimum absolute atomic E-state index is 0.0805. The summed E-state index contributed by atoms with van der Waals surface area (Å²) in [6.45, 7) is 4.80. The monoisotopic (exact) mass is 506 g/mol. The summed E-state index contributed by atoms with van der Waals surface area (Å²) in [4.78, 5) is 39.5. The van der Waals surface area contributed by atoms with Crippen molar-refractivity contribution in [2.24, 2.45) is 5.92 Å². The smallest absolute Gasteiger partial charge is 0.410 e. The minimum Gasteiger partial charge on any atom is -0.445 e. The third-order valence-corrected chi connectivity index (χ3v) is 6.16. The summed E-state index contributed by atoms with van der Waals surface area (Å²) in [5.74, 6) is -0.442. The van der Waals surface area contributed by atoms with Crippen LogP contribution in [0.15, 0.2) is 60.7 Å². The number of piperidine rings is 1. The summed E-state index contributed by atoms with van der Waals surface area (Å²) < 4.78 is 10.8. The van der Waals surface area contributed by atoms with Crippen LogP contribution in [0.4, 0.5) is 9.59 Å². The Labute approximate surface area is 217 Å². The Morgan fingerprint density at radius 2 is 1.59 bits per heavy atom. The number of carbonyl (C=O) groups excluding carboxylic acids is 3. The van der Waals surface area contributed by atoms with E-state index in [0.717, 1.165) is 11.1 Å². The van der Waals surface area contributed by atoms with Gasteiger partial charge in [0.15, 0.2) is 6.10 Å². The summed E-state index contributed by atoms with van der Waals surface area (Å²) >= 11 is 0. The first-order chi connectivity index (χ1) is 17.8. The zero-order valence-corrected chi connectivity index (χ0v) is 21.3. The fraction of sp³-hybridized carbons (Fsp3) is 0.429. The van der Waals surface area contributed by atoms with E-state index in [1.807, 2.05) is 74.5 Å². The average molecular weight is 507 g/mol. The van der Waals surface area contributed by atoms with Gasteiger partial charge in [0.25, 0.3) is 5.91 Å². The molecule has 0 saturated carbocycles. The van der Waals surface area contributed by atoms with Gasteiger partial charge in [-0.25, -0.2) is 9.59 Å². The molecule has 9 nitrogen and oxygen atoms in total. The van der Waals surface area contributed by atoms with E-state index in [4.69, 9.17) is 9.47 Å². The molecule has 3 rings (SSSR count). The highest BCUT2D eigenvalue weighted by atomic mass is 16.6. The molecule has 196 valence electrons. The van der Waals surface area contributed by atoms with Crippen molar-refractivity contribution in [3.05, 3.63) is 71.8 Å². The molecule has 37 heavy (non-hydrogen) atoms. The summed E-state index contributed by atoms with van der Waals surface area (Å²) in [6, 6.07) is 21.0. The number of hydrogen-bond donors (Lipinski definition) is 2. The first-order valence-corrected chi connectivity index (χ1v) is 12.5. The highest BCUT2D eigenvalue weighted by Gasteiger charge is 2.40. The van der Waals surface area contributed by atoms with Gasteiger partial charge >= 0.3 is 12.2 Å². The molecule has 1 atom stereocenters. The number of rotatable bonds is 9. The maximum Gasteiger partial charge on any atom is 0.410 e. The fourth-order valence-electron chi connectivity index (χ4n) is 4.04. The van der Waals surface area contributed by atoms with Crippen molar-refractivity contribution in [1.82, 2.24) is 15.5 Å². The summed E-state index contributed by atoms with van der Waals surface area (Å²) in [5, 5.41) is 15.4. The van der Waals surface area contributed by atoms with E-state index < -0.39 is 29.7 Å². The number of nitrogens with one attached hydrogen (secondary N) is 2. The molecule has 0 bridgehead atoms. The SMILES string of the molecule is CC(C)CC(OC(=O)NCc1ccccc1)C(=O)NC1(C#N)CCN(C(=O)OCc2ccccc2)CC1. The van der Waals surface area contributed by atoms with Crippen LogP contribution < -0.4 is 10.6 Å². The van der Waals surface area contributed by atoms with Crippen molar-refractivity contribution in [3.63, 3.8) is 0 Å². The molecule has 0 aliphatic carbocycles. The van der Waals surface area contributed by atoms with Crippen molar-refractivity contribution in [3.8, 4) is 6.07 Å². The molecule has 2 aromatic rings. The summed E-state index contributed by atoms with van der Waals surface area (Å²) in [7, 11) is 0. The van der Waals surface area contributed by atoms with Crippen LogP contribution in [0.25, 0.3) is 0 Å². The predicted octanol–water partition coefficient (Wildman–Crippen LogP) is 4.14. The maximum atomic E-state index is 13.1. The topological polar surface area (TPSA) is 121 Å². The first-order valence-electron chi connectivity index (χ1n) is 12.5. The lowest BCUT2D eigenvalue weighted by Crippen LogP contribution is -2.57. The summed E-state index contributed by atoms with van der Waals surface area (Å²) in [6.07, 6.45) is -1.42. The second kappa shape index (κ2) is 13.3. The van der Waals surface area contributed by atoms with Crippen LogP contribution in [-0.2, 0) is 27.4 Å². The molecule has 2 aromatic carbocycles. The highest BCUT2D eigenvalue weighted by Crippen LogP contribution is 2.23. The number of amides is 3. The van der Waals surface area contributed by atoms with E-state index in [-0.39, 0.29) is 45.0 Å². The zero-order valence-electron chi connectivity index (χ0n) is 21.3. The molecule has 0 radical (unpaired) electrons. The molecule has 1 aliphatic heterocycles. The van der Waals surface area contributed by atoms with E-state index >= 15 is 0 Å². The van der Waals surface area contributed by atoms with Crippen LogP contribution in [0, 0.1) is 17.2 Å². The Bertz CT molecular complexity index is 1080.